The number of rotatable bonds is 3. The molecule has 0 amide bonds. The van der Waals surface area contributed by atoms with E-state index in [1.807, 2.05) is 20.0 Å². The van der Waals surface area contributed by atoms with Gasteiger partial charge in [0.05, 0.1) is 33.3 Å². The summed E-state index contributed by atoms with van der Waals surface area (Å²) >= 11 is 3.48. The smallest absolute Gasteiger partial charge is 0.168 e. The van der Waals surface area contributed by atoms with Gasteiger partial charge in [0.2, 0.25) is 0 Å². The number of fused-ring (bicyclic) bond motifs is 1. The van der Waals surface area contributed by atoms with Crippen molar-refractivity contribution in [3.8, 4) is 0 Å². The maximum atomic E-state index is 12.5. The van der Waals surface area contributed by atoms with E-state index < -0.39 is 0 Å². The second-order valence-electron chi connectivity index (χ2n) is 4.83. The number of benzene rings is 1. The van der Waals surface area contributed by atoms with Gasteiger partial charge in [-0.3, -0.25) is 19.4 Å². The van der Waals surface area contributed by atoms with E-state index in [1.165, 1.54) is 0 Å². The third-order valence-electron chi connectivity index (χ3n) is 3.38. The van der Waals surface area contributed by atoms with Crippen molar-refractivity contribution in [2.75, 3.05) is 0 Å². The van der Waals surface area contributed by atoms with Crippen molar-refractivity contribution < 1.29 is 4.79 Å². The van der Waals surface area contributed by atoms with E-state index >= 15 is 0 Å². The molecule has 0 saturated heterocycles. The van der Waals surface area contributed by atoms with Crippen LogP contribution in [0.1, 0.15) is 21.7 Å². The molecule has 0 aliphatic rings. The number of carbonyl (C=O) groups is 1. The van der Waals surface area contributed by atoms with Crippen LogP contribution in [0, 0.1) is 6.92 Å². The molecule has 106 valence electrons. The van der Waals surface area contributed by atoms with Crippen LogP contribution in [0.15, 0.2) is 35.1 Å². The molecule has 0 radical (unpaired) electrons. The molecule has 6 heteroatoms. The first-order chi connectivity index (χ1) is 10.1. The largest absolute Gasteiger partial charge is 0.294 e. The van der Waals surface area contributed by atoms with Crippen molar-refractivity contribution in [2.24, 2.45) is 7.05 Å². The lowest BCUT2D eigenvalue weighted by molar-refractivity contribution is 0.0990. The van der Waals surface area contributed by atoms with Gasteiger partial charge in [0, 0.05) is 25.0 Å². The summed E-state index contributed by atoms with van der Waals surface area (Å²) in [5.41, 5.74) is 3.89. The minimum absolute atomic E-state index is 0.0336. The van der Waals surface area contributed by atoms with E-state index in [0.717, 1.165) is 26.9 Å². The topological polar surface area (TPSA) is 60.7 Å². The normalized spacial score (nSPS) is 11.0. The quantitative estimate of drug-likeness (QED) is 0.685. The van der Waals surface area contributed by atoms with E-state index in [-0.39, 0.29) is 5.78 Å². The standard InChI is InChI=1S/C15H13BrN4O/c1-9-15(16)13(20(2)19-9)8-14(21)10-3-4-11-12(7-10)18-6-5-17-11/h3-7H,8H2,1-2H3. The number of aromatic nitrogens is 4. The van der Waals surface area contributed by atoms with Crippen molar-refractivity contribution in [1.29, 1.82) is 0 Å². The van der Waals surface area contributed by atoms with Crippen LogP contribution >= 0.6 is 15.9 Å². The monoisotopic (exact) mass is 344 g/mol. The first kappa shape index (κ1) is 13.9. The van der Waals surface area contributed by atoms with Crippen molar-refractivity contribution in [3.63, 3.8) is 0 Å². The Morgan fingerprint density at radius 3 is 2.62 bits per heavy atom. The van der Waals surface area contributed by atoms with Gasteiger partial charge in [-0.25, -0.2) is 0 Å². The maximum Gasteiger partial charge on any atom is 0.168 e. The van der Waals surface area contributed by atoms with Crippen molar-refractivity contribution in [1.82, 2.24) is 19.7 Å². The highest BCUT2D eigenvalue weighted by molar-refractivity contribution is 9.10. The zero-order valence-electron chi connectivity index (χ0n) is 11.7. The molecule has 0 N–H and O–H groups in total. The summed E-state index contributed by atoms with van der Waals surface area (Å²) in [6.07, 6.45) is 3.56. The Hall–Kier alpha value is -2.08. The molecule has 3 rings (SSSR count). The summed E-state index contributed by atoms with van der Waals surface area (Å²) < 4.78 is 2.62. The fourth-order valence-electron chi connectivity index (χ4n) is 2.26. The minimum Gasteiger partial charge on any atom is -0.294 e. The van der Waals surface area contributed by atoms with E-state index in [2.05, 4.69) is 31.0 Å². The fourth-order valence-corrected chi connectivity index (χ4v) is 2.74. The van der Waals surface area contributed by atoms with Gasteiger partial charge in [0.1, 0.15) is 0 Å². The first-order valence-corrected chi connectivity index (χ1v) is 7.27. The lowest BCUT2D eigenvalue weighted by Crippen LogP contribution is -2.08. The Kier molecular flexibility index (Phi) is 3.55. The predicted molar refractivity (Wildman–Crippen MR) is 83.2 cm³/mol. The summed E-state index contributed by atoms with van der Waals surface area (Å²) in [5, 5.41) is 4.30. The molecule has 0 aliphatic carbocycles. The van der Waals surface area contributed by atoms with E-state index in [4.69, 9.17) is 0 Å². The number of carbonyl (C=O) groups excluding carboxylic acids is 1. The number of hydrogen-bond donors (Lipinski definition) is 0. The van der Waals surface area contributed by atoms with Gasteiger partial charge in [-0.2, -0.15) is 5.10 Å². The number of aryl methyl sites for hydroxylation is 2. The molecule has 0 bridgehead atoms. The van der Waals surface area contributed by atoms with Gasteiger partial charge in [0.15, 0.2) is 5.78 Å². The highest BCUT2D eigenvalue weighted by Crippen LogP contribution is 2.22. The molecule has 2 heterocycles. The zero-order chi connectivity index (χ0) is 15.0. The minimum atomic E-state index is 0.0336. The third kappa shape index (κ3) is 2.58. The summed E-state index contributed by atoms with van der Waals surface area (Å²) in [7, 11) is 1.84. The molecule has 2 aromatic heterocycles. The van der Waals surface area contributed by atoms with Crippen LogP contribution in [0.3, 0.4) is 0 Å². The molecule has 0 aliphatic heterocycles. The van der Waals surface area contributed by atoms with Crippen molar-refractivity contribution in [2.45, 2.75) is 13.3 Å². The van der Waals surface area contributed by atoms with E-state index in [9.17, 15) is 4.79 Å². The Bertz CT molecular complexity index is 841. The van der Waals surface area contributed by atoms with Crippen LogP contribution in [0.2, 0.25) is 0 Å². The highest BCUT2D eigenvalue weighted by atomic mass is 79.9. The van der Waals surface area contributed by atoms with Gasteiger partial charge >= 0.3 is 0 Å². The molecule has 0 unspecified atom stereocenters. The predicted octanol–water partition coefficient (Wildman–Crippen LogP) is 2.86. The molecule has 0 spiro atoms. The van der Waals surface area contributed by atoms with Gasteiger partial charge in [0.25, 0.3) is 0 Å². The summed E-state index contributed by atoms with van der Waals surface area (Å²) in [6, 6.07) is 5.39. The lowest BCUT2D eigenvalue weighted by Gasteiger charge is -2.04. The first-order valence-electron chi connectivity index (χ1n) is 6.48. The van der Waals surface area contributed by atoms with E-state index in [1.54, 1.807) is 29.2 Å². The molecular formula is C15H13BrN4O. The number of halogens is 1. The Morgan fingerprint density at radius 2 is 1.95 bits per heavy atom. The van der Waals surface area contributed by atoms with Gasteiger partial charge < -0.3 is 0 Å². The SMILES string of the molecule is Cc1nn(C)c(CC(=O)c2ccc3nccnc3c2)c1Br. The van der Waals surface area contributed by atoms with Gasteiger partial charge in [-0.15, -0.1) is 0 Å². The van der Waals surface area contributed by atoms with Crippen LogP contribution in [0.5, 0.6) is 0 Å². The molecule has 1 aromatic carbocycles. The maximum absolute atomic E-state index is 12.5. The second-order valence-corrected chi connectivity index (χ2v) is 5.62. The van der Waals surface area contributed by atoms with Gasteiger partial charge in [-0.05, 0) is 41.1 Å². The number of hydrogen-bond acceptors (Lipinski definition) is 4. The molecule has 0 atom stereocenters. The average Bonchev–Trinajstić information content (AvgIpc) is 2.73. The average molecular weight is 345 g/mol. The Balaban J connectivity index is 1.93. The van der Waals surface area contributed by atoms with Crippen LogP contribution in [0.25, 0.3) is 11.0 Å². The van der Waals surface area contributed by atoms with Crippen molar-refractivity contribution in [3.05, 3.63) is 52.0 Å². The van der Waals surface area contributed by atoms with Crippen LogP contribution < -0.4 is 0 Å². The Labute approximate surface area is 130 Å². The molecule has 0 fully saturated rings. The van der Waals surface area contributed by atoms with Crippen LogP contribution in [-0.4, -0.2) is 25.5 Å². The second kappa shape index (κ2) is 5.37. The number of Topliss-reactive ketones (excluding diaryl/α,β-unsaturated/α-hetero) is 1. The van der Waals surface area contributed by atoms with Crippen molar-refractivity contribution >= 4 is 32.7 Å². The summed E-state index contributed by atoms with van der Waals surface area (Å²) in [5.74, 6) is 0.0336. The fraction of sp³-hybridized carbons (Fsp3) is 0.200. The molecule has 5 nitrogen and oxygen atoms in total. The van der Waals surface area contributed by atoms with E-state index in [0.29, 0.717) is 12.0 Å². The Morgan fingerprint density at radius 1 is 1.24 bits per heavy atom. The third-order valence-corrected chi connectivity index (χ3v) is 4.41. The van der Waals surface area contributed by atoms with Crippen LogP contribution in [0.4, 0.5) is 0 Å². The molecular weight excluding hydrogens is 332 g/mol. The summed E-state index contributed by atoms with van der Waals surface area (Å²) in [6.45, 7) is 1.91. The highest BCUT2D eigenvalue weighted by Gasteiger charge is 2.16. The lowest BCUT2D eigenvalue weighted by atomic mass is 10.1. The number of ketones is 1. The van der Waals surface area contributed by atoms with Gasteiger partial charge in [-0.1, -0.05) is 0 Å². The summed E-state index contributed by atoms with van der Waals surface area (Å²) in [4.78, 5) is 20.9. The number of nitrogens with zero attached hydrogens (tertiary/aromatic N) is 4. The molecule has 3 aromatic rings. The zero-order valence-corrected chi connectivity index (χ0v) is 13.3. The molecule has 0 saturated carbocycles. The van der Waals surface area contributed by atoms with Crippen LogP contribution in [-0.2, 0) is 13.5 Å². The molecule has 21 heavy (non-hydrogen) atoms.